The number of hydrogen-bond donors (Lipinski definition) is 3. The molecule has 0 aromatic heterocycles. The Balaban J connectivity index is 1.57. The molecule has 4 nitrogen and oxygen atoms in total. The molecule has 0 atom stereocenters. The summed E-state index contributed by atoms with van der Waals surface area (Å²) in [5, 5.41) is 3.71. The molecular formula is C22H36ClN3OS2. The maximum atomic E-state index is 11.9. The van der Waals surface area contributed by atoms with E-state index in [9.17, 15) is 4.79 Å². The van der Waals surface area contributed by atoms with Crippen LogP contribution in [0.2, 0.25) is 5.02 Å². The lowest BCUT2D eigenvalue weighted by molar-refractivity contribution is -0.122. The zero-order chi connectivity index (χ0) is 20.9. The molecule has 0 aliphatic carbocycles. The van der Waals surface area contributed by atoms with E-state index in [1.807, 2.05) is 12.1 Å². The standard InChI is InChI=1S/C22H36ClN3OS2/c23-21-6-4-19(5-7-21)20-8-13-25(14-9-20)11-2-1-3-12-26(15-17-29)18-22(27)24-10-16-28/h4-7,20,28-29H,1-3,8-18H2,(H,24,27). The van der Waals surface area contributed by atoms with Crippen LogP contribution in [0.5, 0.6) is 0 Å². The van der Waals surface area contributed by atoms with Gasteiger partial charge in [-0.05, 0) is 75.5 Å². The fourth-order valence-electron chi connectivity index (χ4n) is 3.94. The van der Waals surface area contributed by atoms with Crippen LogP contribution in [-0.4, -0.2) is 73.0 Å². The third kappa shape index (κ3) is 9.97. The van der Waals surface area contributed by atoms with Gasteiger partial charge in [0.2, 0.25) is 5.91 Å². The number of piperidine rings is 1. The highest BCUT2D eigenvalue weighted by Crippen LogP contribution is 2.28. The average molecular weight is 458 g/mol. The van der Waals surface area contributed by atoms with Crippen molar-refractivity contribution >= 4 is 42.8 Å². The van der Waals surface area contributed by atoms with Crippen molar-refractivity contribution < 1.29 is 4.79 Å². The number of nitrogens with zero attached hydrogens (tertiary/aromatic N) is 2. The lowest BCUT2D eigenvalue weighted by Gasteiger charge is -2.32. The minimum absolute atomic E-state index is 0.0874. The van der Waals surface area contributed by atoms with Crippen LogP contribution in [0.4, 0.5) is 0 Å². The minimum atomic E-state index is 0.0874. The summed E-state index contributed by atoms with van der Waals surface area (Å²) in [7, 11) is 0. The van der Waals surface area contributed by atoms with E-state index >= 15 is 0 Å². The highest BCUT2D eigenvalue weighted by atomic mass is 35.5. The predicted octanol–water partition coefficient (Wildman–Crippen LogP) is 3.97. The van der Waals surface area contributed by atoms with Gasteiger partial charge in [-0.25, -0.2) is 0 Å². The molecule has 2 rings (SSSR count). The van der Waals surface area contributed by atoms with Gasteiger partial charge in [0.15, 0.2) is 0 Å². The summed E-state index contributed by atoms with van der Waals surface area (Å²) in [4.78, 5) is 16.7. The number of benzene rings is 1. The number of halogens is 1. The minimum Gasteiger partial charge on any atom is -0.354 e. The van der Waals surface area contributed by atoms with Crippen molar-refractivity contribution in [3.05, 3.63) is 34.9 Å². The summed E-state index contributed by atoms with van der Waals surface area (Å²) in [6.45, 7) is 6.47. The van der Waals surface area contributed by atoms with E-state index in [4.69, 9.17) is 11.6 Å². The second-order valence-electron chi connectivity index (χ2n) is 7.80. The number of carbonyl (C=O) groups excluding carboxylic acids is 1. The van der Waals surface area contributed by atoms with E-state index < -0.39 is 0 Å². The molecule has 0 bridgehead atoms. The third-order valence-electron chi connectivity index (χ3n) is 5.60. The number of hydrogen-bond acceptors (Lipinski definition) is 5. The summed E-state index contributed by atoms with van der Waals surface area (Å²) in [6, 6.07) is 8.37. The molecule has 0 radical (unpaired) electrons. The van der Waals surface area contributed by atoms with Crippen LogP contribution in [0, 0.1) is 0 Å². The molecular weight excluding hydrogens is 422 g/mol. The van der Waals surface area contributed by atoms with Gasteiger partial charge in [-0.15, -0.1) is 0 Å². The fourth-order valence-corrected chi connectivity index (χ4v) is 4.46. The Kier molecular flexibility index (Phi) is 12.5. The molecule has 0 spiro atoms. The van der Waals surface area contributed by atoms with Gasteiger partial charge in [0.25, 0.3) is 0 Å². The molecule has 164 valence electrons. The maximum Gasteiger partial charge on any atom is 0.234 e. The summed E-state index contributed by atoms with van der Waals surface area (Å²) < 4.78 is 0. The number of carbonyl (C=O) groups is 1. The van der Waals surface area contributed by atoms with Gasteiger partial charge in [0.1, 0.15) is 0 Å². The average Bonchev–Trinajstić information content (AvgIpc) is 2.73. The Morgan fingerprint density at radius 3 is 2.45 bits per heavy atom. The Morgan fingerprint density at radius 1 is 1.07 bits per heavy atom. The number of amides is 1. The molecule has 7 heteroatoms. The van der Waals surface area contributed by atoms with Crippen molar-refractivity contribution in [1.82, 2.24) is 15.1 Å². The van der Waals surface area contributed by atoms with Crippen molar-refractivity contribution in [3.8, 4) is 0 Å². The first kappa shape index (κ1) is 24.9. The normalized spacial score (nSPS) is 15.7. The largest absolute Gasteiger partial charge is 0.354 e. The Bertz CT molecular complexity index is 580. The number of likely N-dealkylation sites (tertiary alicyclic amines) is 1. The van der Waals surface area contributed by atoms with E-state index in [-0.39, 0.29) is 5.91 Å². The van der Waals surface area contributed by atoms with Crippen LogP contribution < -0.4 is 5.32 Å². The monoisotopic (exact) mass is 457 g/mol. The van der Waals surface area contributed by atoms with Gasteiger partial charge >= 0.3 is 0 Å². The van der Waals surface area contributed by atoms with Crippen LogP contribution in [0.25, 0.3) is 0 Å². The van der Waals surface area contributed by atoms with Gasteiger partial charge in [0.05, 0.1) is 6.54 Å². The summed E-state index contributed by atoms with van der Waals surface area (Å²) in [5.41, 5.74) is 1.43. The van der Waals surface area contributed by atoms with Crippen molar-refractivity contribution in [2.45, 2.75) is 38.0 Å². The van der Waals surface area contributed by atoms with Crippen molar-refractivity contribution in [3.63, 3.8) is 0 Å². The number of rotatable bonds is 13. The van der Waals surface area contributed by atoms with E-state index in [2.05, 4.69) is 52.5 Å². The number of nitrogens with one attached hydrogen (secondary N) is 1. The molecule has 1 saturated heterocycles. The van der Waals surface area contributed by atoms with E-state index in [0.717, 1.165) is 30.3 Å². The first-order valence-corrected chi connectivity index (χ1v) is 12.4. The molecule has 1 aliphatic rings. The van der Waals surface area contributed by atoms with Crippen LogP contribution >= 0.6 is 36.9 Å². The van der Waals surface area contributed by atoms with Crippen LogP contribution in [0.3, 0.4) is 0 Å². The first-order chi connectivity index (χ1) is 14.1. The van der Waals surface area contributed by atoms with Crippen LogP contribution in [0.1, 0.15) is 43.6 Å². The summed E-state index contributed by atoms with van der Waals surface area (Å²) >= 11 is 14.5. The Hall–Kier alpha value is -0.400. The van der Waals surface area contributed by atoms with Crippen LogP contribution in [-0.2, 0) is 4.79 Å². The first-order valence-electron chi connectivity index (χ1n) is 10.8. The SMILES string of the molecule is O=C(CN(CCS)CCCCCN1CCC(c2ccc(Cl)cc2)CC1)NCCS. The van der Waals surface area contributed by atoms with Gasteiger partial charge < -0.3 is 10.2 Å². The molecule has 1 fully saturated rings. The van der Waals surface area contributed by atoms with Gasteiger partial charge in [-0.2, -0.15) is 25.3 Å². The van der Waals surface area contributed by atoms with Crippen LogP contribution in [0.15, 0.2) is 24.3 Å². The zero-order valence-corrected chi connectivity index (χ0v) is 19.9. The maximum absolute atomic E-state index is 11.9. The summed E-state index contributed by atoms with van der Waals surface area (Å²) in [6.07, 6.45) is 6.04. The third-order valence-corrected chi connectivity index (χ3v) is 6.27. The molecule has 0 saturated carbocycles. The second-order valence-corrected chi connectivity index (χ2v) is 9.13. The van der Waals surface area contributed by atoms with Crippen molar-refractivity contribution in [2.75, 3.05) is 57.3 Å². The molecule has 29 heavy (non-hydrogen) atoms. The van der Waals surface area contributed by atoms with Gasteiger partial charge in [-0.1, -0.05) is 30.2 Å². The highest BCUT2D eigenvalue weighted by molar-refractivity contribution is 7.80. The smallest absolute Gasteiger partial charge is 0.234 e. The molecule has 0 unspecified atom stereocenters. The Labute approximate surface area is 192 Å². The van der Waals surface area contributed by atoms with E-state index in [1.54, 1.807) is 0 Å². The van der Waals surface area contributed by atoms with Gasteiger partial charge in [-0.3, -0.25) is 9.69 Å². The lowest BCUT2D eigenvalue weighted by atomic mass is 9.89. The zero-order valence-electron chi connectivity index (χ0n) is 17.4. The Morgan fingerprint density at radius 2 is 1.79 bits per heavy atom. The quantitative estimate of drug-likeness (QED) is 0.310. The number of unbranched alkanes of at least 4 members (excludes halogenated alkanes) is 2. The molecule has 1 amide bonds. The predicted molar refractivity (Wildman–Crippen MR) is 131 cm³/mol. The summed E-state index contributed by atoms with van der Waals surface area (Å²) in [5.74, 6) is 2.22. The molecule has 1 aliphatic heterocycles. The topological polar surface area (TPSA) is 35.6 Å². The van der Waals surface area contributed by atoms with Crippen molar-refractivity contribution in [1.29, 1.82) is 0 Å². The van der Waals surface area contributed by atoms with E-state index in [1.165, 1.54) is 50.9 Å². The fraction of sp³-hybridized carbons (Fsp3) is 0.682. The lowest BCUT2D eigenvalue weighted by Crippen LogP contribution is -2.39. The highest BCUT2D eigenvalue weighted by Gasteiger charge is 2.20. The van der Waals surface area contributed by atoms with E-state index in [0.29, 0.717) is 24.8 Å². The second kappa shape index (κ2) is 14.6. The molecule has 1 aromatic rings. The molecule has 1 heterocycles. The molecule has 1 aromatic carbocycles. The molecule has 1 N–H and O–H groups in total. The number of thiol groups is 2. The van der Waals surface area contributed by atoms with Crippen molar-refractivity contribution in [2.24, 2.45) is 0 Å². The van der Waals surface area contributed by atoms with Gasteiger partial charge in [0, 0.05) is 29.6 Å².